The lowest BCUT2D eigenvalue weighted by Gasteiger charge is -2.11. The Bertz CT molecular complexity index is 256. The van der Waals surface area contributed by atoms with Crippen LogP contribution < -0.4 is 10.1 Å². The first-order valence-corrected chi connectivity index (χ1v) is 5.15. The van der Waals surface area contributed by atoms with Gasteiger partial charge in [-0.15, -0.1) is 0 Å². The molecule has 0 aliphatic rings. The first kappa shape index (κ1) is 11.1. The molecular weight excluding hydrogens is 174 g/mol. The van der Waals surface area contributed by atoms with Crippen molar-refractivity contribution < 1.29 is 4.74 Å². The highest BCUT2D eigenvalue weighted by Gasteiger charge is 2.03. The monoisotopic (exact) mass is 193 g/mol. The maximum atomic E-state index is 5.38. The van der Waals surface area contributed by atoms with Crippen LogP contribution in [0.25, 0.3) is 0 Å². The molecule has 1 rings (SSSR count). The number of likely N-dealkylation sites (N-methyl/N-ethyl adjacent to an activating group) is 1. The lowest BCUT2D eigenvalue weighted by atomic mass is 10.0. The molecular formula is C12H19NO. The third-order valence-corrected chi connectivity index (χ3v) is 2.27. The maximum absolute atomic E-state index is 5.38. The second kappa shape index (κ2) is 5.66. The van der Waals surface area contributed by atoms with Crippen molar-refractivity contribution >= 4 is 0 Å². The largest absolute Gasteiger partial charge is 0.494 e. The SMILES string of the molecule is CCOc1ccc(C(C)CNC)cc1. The van der Waals surface area contributed by atoms with Crippen LogP contribution in [-0.2, 0) is 0 Å². The van der Waals surface area contributed by atoms with Gasteiger partial charge in [-0.1, -0.05) is 19.1 Å². The van der Waals surface area contributed by atoms with Crippen LogP contribution >= 0.6 is 0 Å². The molecule has 2 nitrogen and oxygen atoms in total. The highest BCUT2D eigenvalue weighted by molar-refractivity contribution is 5.29. The zero-order valence-electron chi connectivity index (χ0n) is 9.21. The van der Waals surface area contributed by atoms with Gasteiger partial charge in [-0.25, -0.2) is 0 Å². The van der Waals surface area contributed by atoms with E-state index in [0.717, 1.165) is 18.9 Å². The van der Waals surface area contributed by atoms with Crippen molar-refractivity contribution in [2.75, 3.05) is 20.2 Å². The minimum Gasteiger partial charge on any atom is -0.494 e. The van der Waals surface area contributed by atoms with Crippen molar-refractivity contribution in [3.8, 4) is 5.75 Å². The van der Waals surface area contributed by atoms with Gasteiger partial charge < -0.3 is 10.1 Å². The van der Waals surface area contributed by atoms with Crippen molar-refractivity contribution in [1.29, 1.82) is 0 Å². The number of hydrogen-bond donors (Lipinski definition) is 1. The molecule has 0 aliphatic heterocycles. The summed E-state index contributed by atoms with van der Waals surface area (Å²) >= 11 is 0. The van der Waals surface area contributed by atoms with Crippen LogP contribution in [0.1, 0.15) is 25.3 Å². The molecule has 0 saturated heterocycles. The smallest absolute Gasteiger partial charge is 0.119 e. The summed E-state index contributed by atoms with van der Waals surface area (Å²) in [6.45, 7) is 5.95. The van der Waals surface area contributed by atoms with Crippen LogP contribution in [0.2, 0.25) is 0 Å². The Hall–Kier alpha value is -1.02. The fourth-order valence-corrected chi connectivity index (χ4v) is 1.48. The van der Waals surface area contributed by atoms with Crippen molar-refractivity contribution in [2.24, 2.45) is 0 Å². The van der Waals surface area contributed by atoms with E-state index in [9.17, 15) is 0 Å². The third-order valence-electron chi connectivity index (χ3n) is 2.27. The van der Waals surface area contributed by atoms with Gasteiger partial charge in [-0.3, -0.25) is 0 Å². The number of nitrogens with one attached hydrogen (secondary N) is 1. The van der Waals surface area contributed by atoms with Crippen LogP contribution in [0.3, 0.4) is 0 Å². The van der Waals surface area contributed by atoms with E-state index in [4.69, 9.17) is 4.74 Å². The molecule has 1 atom stereocenters. The Morgan fingerprint density at radius 3 is 2.43 bits per heavy atom. The van der Waals surface area contributed by atoms with Crippen LogP contribution in [0.15, 0.2) is 24.3 Å². The minimum absolute atomic E-state index is 0.552. The third kappa shape index (κ3) is 3.04. The predicted molar refractivity (Wildman–Crippen MR) is 60.0 cm³/mol. The van der Waals surface area contributed by atoms with Crippen molar-refractivity contribution in [2.45, 2.75) is 19.8 Å². The van der Waals surface area contributed by atoms with E-state index < -0.39 is 0 Å². The molecule has 0 aromatic heterocycles. The molecule has 2 heteroatoms. The molecule has 1 aromatic rings. The van der Waals surface area contributed by atoms with Gasteiger partial charge in [0.1, 0.15) is 5.75 Å². The Kier molecular flexibility index (Phi) is 4.47. The first-order valence-electron chi connectivity index (χ1n) is 5.15. The maximum Gasteiger partial charge on any atom is 0.119 e. The Morgan fingerprint density at radius 2 is 1.93 bits per heavy atom. The zero-order valence-corrected chi connectivity index (χ0v) is 9.21. The molecule has 78 valence electrons. The molecule has 0 heterocycles. The highest BCUT2D eigenvalue weighted by Crippen LogP contribution is 2.18. The second-order valence-electron chi connectivity index (χ2n) is 3.46. The van der Waals surface area contributed by atoms with Gasteiger partial charge in [0.2, 0.25) is 0 Å². The van der Waals surface area contributed by atoms with Crippen molar-refractivity contribution in [1.82, 2.24) is 5.32 Å². The van der Waals surface area contributed by atoms with E-state index in [0.29, 0.717) is 5.92 Å². The van der Waals surface area contributed by atoms with Gasteiger partial charge in [-0.05, 0) is 37.6 Å². The summed E-state index contributed by atoms with van der Waals surface area (Å²) in [6, 6.07) is 8.33. The van der Waals surface area contributed by atoms with Gasteiger partial charge in [0.25, 0.3) is 0 Å². The lowest BCUT2D eigenvalue weighted by Crippen LogP contribution is -2.14. The number of ether oxygens (including phenoxy) is 1. The van der Waals surface area contributed by atoms with Crippen LogP contribution in [-0.4, -0.2) is 20.2 Å². The second-order valence-corrected chi connectivity index (χ2v) is 3.46. The molecule has 1 unspecified atom stereocenters. The van der Waals surface area contributed by atoms with Gasteiger partial charge >= 0.3 is 0 Å². The molecule has 0 saturated carbocycles. The molecule has 1 N–H and O–H groups in total. The standard InChI is InChI=1S/C12H19NO/c1-4-14-12-7-5-11(6-8-12)10(2)9-13-3/h5-8,10,13H,4,9H2,1-3H3. The average Bonchev–Trinajstić information content (AvgIpc) is 2.20. The van der Waals surface area contributed by atoms with Gasteiger partial charge in [-0.2, -0.15) is 0 Å². The Labute approximate surface area is 86.3 Å². The summed E-state index contributed by atoms with van der Waals surface area (Å²) in [5.74, 6) is 1.50. The fraction of sp³-hybridized carbons (Fsp3) is 0.500. The first-order chi connectivity index (χ1) is 6.77. The average molecular weight is 193 g/mol. The lowest BCUT2D eigenvalue weighted by molar-refractivity contribution is 0.340. The van der Waals surface area contributed by atoms with E-state index in [1.54, 1.807) is 0 Å². The molecule has 0 fully saturated rings. The fourth-order valence-electron chi connectivity index (χ4n) is 1.48. The normalized spacial score (nSPS) is 12.5. The van der Waals surface area contributed by atoms with E-state index in [-0.39, 0.29) is 0 Å². The van der Waals surface area contributed by atoms with Crippen molar-refractivity contribution in [3.05, 3.63) is 29.8 Å². The number of hydrogen-bond acceptors (Lipinski definition) is 2. The summed E-state index contributed by atoms with van der Waals surface area (Å²) in [6.07, 6.45) is 0. The summed E-state index contributed by atoms with van der Waals surface area (Å²) in [7, 11) is 1.98. The molecule has 14 heavy (non-hydrogen) atoms. The van der Waals surface area contributed by atoms with E-state index >= 15 is 0 Å². The molecule has 1 aromatic carbocycles. The highest BCUT2D eigenvalue weighted by atomic mass is 16.5. The van der Waals surface area contributed by atoms with E-state index in [2.05, 4.69) is 24.4 Å². The van der Waals surface area contributed by atoms with Crippen LogP contribution in [0.4, 0.5) is 0 Å². The van der Waals surface area contributed by atoms with E-state index in [1.165, 1.54) is 5.56 Å². The number of rotatable bonds is 5. The Morgan fingerprint density at radius 1 is 1.29 bits per heavy atom. The van der Waals surface area contributed by atoms with Crippen LogP contribution in [0.5, 0.6) is 5.75 Å². The van der Waals surface area contributed by atoms with Gasteiger partial charge in [0, 0.05) is 6.54 Å². The molecule has 0 spiro atoms. The van der Waals surface area contributed by atoms with Crippen molar-refractivity contribution in [3.63, 3.8) is 0 Å². The summed E-state index contributed by atoms with van der Waals surface area (Å²) in [5.41, 5.74) is 1.35. The molecule has 0 radical (unpaired) electrons. The van der Waals surface area contributed by atoms with Crippen LogP contribution in [0, 0.1) is 0 Å². The summed E-state index contributed by atoms with van der Waals surface area (Å²) in [4.78, 5) is 0. The predicted octanol–water partition coefficient (Wildman–Crippen LogP) is 2.41. The quantitative estimate of drug-likeness (QED) is 0.775. The number of benzene rings is 1. The summed E-state index contributed by atoms with van der Waals surface area (Å²) < 4.78 is 5.38. The van der Waals surface area contributed by atoms with E-state index in [1.807, 2.05) is 26.1 Å². The molecule has 0 amide bonds. The minimum atomic E-state index is 0.552. The van der Waals surface area contributed by atoms with Gasteiger partial charge in [0.05, 0.1) is 6.61 Å². The molecule has 0 aliphatic carbocycles. The topological polar surface area (TPSA) is 21.3 Å². The molecule has 0 bridgehead atoms. The zero-order chi connectivity index (χ0) is 10.4. The van der Waals surface area contributed by atoms with Gasteiger partial charge in [0.15, 0.2) is 0 Å². The summed E-state index contributed by atoms with van der Waals surface area (Å²) in [5, 5.41) is 3.17. The Balaban J connectivity index is 2.62.